The van der Waals surface area contributed by atoms with E-state index in [-0.39, 0.29) is 5.88 Å². The van der Waals surface area contributed by atoms with E-state index < -0.39 is 5.82 Å². The van der Waals surface area contributed by atoms with Gasteiger partial charge in [-0.15, -0.1) is 0 Å². The average molecular weight is 340 g/mol. The van der Waals surface area contributed by atoms with Crippen LogP contribution < -0.4 is 10.1 Å². The summed E-state index contributed by atoms with van der Waals surface area (Å²) >= 11 is 3.36. The van der Waals surface area contributed by atoms with Gasteiger partial charge in [-0.05, 0) is 31.0 Å². The molecule has 1 N–H and O–H groups in total. The Balaban J connectivity index is 2.25. The van der Waals surface area contributed by atoms with Crippen molar-refractivity contribution in [3.8, 4) is 11.6 Å². The first kappa shape index (κ1) is 14.7. The van der Waals surface area contributed by atoms with Gasteiger partial charge < -0.3 is 10.1 Å². The summed E-state index contributed by atoms with van der Waals surface area (Å²) in [6, 6.07) is 5.55. The van der Waals surface area contributed by atoms with Crippen molar-refractivity contribution >= 4 is 21.9 Å². The summed E-state index contributed by atoms with van der Waals surface area (Å²) in [7, 11) is 0. The van der Waals surface area contributed by atoms with Gasteiger partial charge in [0.25, 0.3) is 5.88 Å². The van der Waals surface area contributed by atoms with Crippen LogP contribution in [0.5, 0.6) is 11.6 Å². The summed E-state index contributed by atoms with van der Waals surface area (Å²) in [5.74, 6) is 0.237. The lowest BCUT2D eigenvalue weighted by Crippen LogP contribution is -2.06. The molecule has 0 spiro atoms. The van der Waals surface area contributed by atoms with Crippen LogP contribution in [0.25, 0.3) is 0 Å². The second kappa shape index (κ2) is 6.65. The number of nitrogens with one attached hydrogen (secondary N) is 1. The third kappa shape index (κ3) is 3.66. The topological polar surface area (TPSA) is 47.0 Å². The van der Waals surface area contributed by atoms with Crippen molar-refractivity contribution < 1.29 is 9.13 Å². The smallest absolute Gasteiger partial charge is 0.260 e. The Morgan fingerprint density at radius 1 is 1.40 bits per heavy atom. The SMILES string of the molecule is CCCNc1ncc(F)c(Oc2cc(Br)ccc2C)n1. The molecular weight excluding hydrogens is 325 g/mol. The number of halogens is 2. The number of nitrogens with zero attached hydrogens (tertiary/aromatic N) is 2. The molecule has 1 heterocycles. The average Bonchev–Trinajstić information content (AvgIpc) is 2.43. The number of hydrogen-bond donors (Lipinski definition) is 1. The second-order valence-electron chi connectivity index (χ2n) is 4.29. The van der Waals surface area contributed by atoms with E-state index in [1.807, 2.05) is 26.0 Å². The van der Waals surface area contributed by atoms with Gasteiger partial charge >= 0.3 is 0 Å². The van der Waals surface area contributed by atoms with Gasteiger partial charge in [-0.1, -0.05) is 28.9 Å². The minimum atomic E-state index is -0.591. The number of hydrogen-bond acceptors (Lipinski definition) is 4. The van der Waals surface area contributed by atoms with Crippen molar-refractivity contribution in [2.24, 2.45) is 0 Å². The maximum atomic E-state index is 13.7. The van der Waals surface area contributed by atoms with Crippen LogP contribution in [0.15, 0.2) is 28.9 Å². The van der Waals surface area contributed by atoms with Gasteiger partial charge in [0.2, 0.25) is 11.8 Å². The van der Waals surface area contributed by atoms with Crippen LogP contribution in [-0.4, -0.2) is 16.5 Å². The Kier molecular flexibility index (Phi) is 4.89. The zero-order valence-corrected chi connectivity index (χ0v) is 12.9. The minimum Gasteiger partial charge on any atom is -0.436 e. The van der Waals surface area contributed by atoms with E-state index in [1.54, 1.807) is 6.07 Å². The van der Waals surface area contributed by atoms with Gasteiger partial charge in [-0.2, -0.15) is 9.37 Å². The molecule has 20 heavy (non-hydrogen) atoms. The van der Waals surface area contributed by atoms with Crippen LogP contribution in [0, 0.1) is 12.7 Å². The lowest BCUT2D eigenvalue weighted by Gasteiger charge is -2.10. The maximum absolute atomic E-state index is 13.7. The third-order valence-corrected chi connectivity index (χ3v) is 3.10. The van der Waals surface area contributed by atoms with Crippen molar-refractivity contribution in [2.45, 2.75) is 20.3 Å². The molecule has 0 amide bonds. The molecular formula is C14H15BrFN3O. The quantitative estimate of drug-likeness (QED) is 0.882. The molecule has 1 aromatic carbocycles. The molecule has 0 bridgehead atoms. The predicted octanol–water partition coefficient (Wildman–Crippen LogP) is 4.30. The summed E-state index contributed by atoms with van der Waals surface area (Å²) < 4.78 is 20.1. The molecule has 0 aliphatic rings. The fourth-order valence-corrected chi connectivity index (χ4v) is 1.87. The number of rotatable bonds is 5. The Bertz CT molecular complexity index is 607. The maximum Gasteiger partial charge on any atom is 0.260 e. The van der Waals surface area contributed by atoms with E-state index in [0.29, 0.717) is 11.7 Å². The van der Waals surface area contributed by atoms with Crippen LogP contribution in [0.2, 0.25) is 0 Å². The van der Waals surface area contributed by atoms with Gasteiger partial charge in [0, 0.05) is 11.0 Å². The monoisotopic (exact) mass is 339 g/mol. The molecule has 2 rings (SSSR count). The molecule has 106 valence electrons. The van der Waals surface area contributed by atoms with E-state index >= 15 is 0 Å². The highest BCUT2D eigenvalue weighted by atomic mass is 79.9. The fraction of sp³-hybridized carbons (Fsp3) is 0.286. The molecule has 0 aliphatic heterocycles. The summed E-state index contributed by atoms with van der Waals surface area (Å²) in [5.41, 5.74) is 0.897. The van der Waals surface area contributed by atoms with E-state index in [9.17, 15) is 4.39 Å². The van der Waals surface area contributed by atoms with Gasteiger partial charge in [0.1, 0.15) is 5.75 Å². The summed E-state index contributed by atoms with van der Waals surface area (Å²) in [6.45, 7) is 4.64. The molecule has 6 heteroatoms. The highest BCUT2D eigenvalue weighted by molar-refractivity contribution is 9.10. The van der Waals surface area contributed by atoms with Crippen LogP contribution in [0.4, 0.5) is 10.3 Å². The van der Waals surface area contributed by atoms with Crippen molar-refractivity contribution in [1.29, 1.82) is 0 Å². The highest BCUT2D eigenvalue weighted by Gasteiger charge is 2.11. The molecule has 0 saturated carbocycles. The number of anilines is 1. The van der Waals surface area contributed by atoms with Crippen LogP contribution in [0.1, 0.15) is 18.9 Å². The zero-order valence-electron chi connectivity index (χ0n) is 11.3. The normalized spacial score (nSPS) is 10.4. The number of aryl methyl sites for hydroxylation is 1. The molecule has 0 atom stereocenters. The predicted molar refractivity (Wildman–Crippen MR) is 79.7 cm³/mol. The molecule has 0 aliphatic carbocycles. The third-order valence-electron chi connectivity index (χ3n) is 2.60. The highest BCUT2D eigenvalue weighted by Crippen LogP contribution is 2.28. The van der Waals surface area contributed by atoms with E-state index in [2.05, 4.69) is 31.2 Å². The van der Waals surface area contributed by atoms with Crippen molar-refractivity contribution in [3.63, 3.8) is 0 Å². The van der Waals surface area contributed by atoms with Crippen molar-refractivity contribution in [1.82, 2.24) is 9.97 Å². The molecule has 0 saturated heterocycles. The Hall–Kier alpha value is -1.69. The van der Waals surface area contributed by atoms with Gasteiger partial charge in [0.05, 0.1) is 6.20 Å². The van der Waals surface area contributed by atoms with Crippen molar-refractivity contribution in [2.75, 3.05) is 11.9 Å². The van der Waals surface area contributed by atoms with E-state index in [4.69, 9.17) is 4.74 Å². The van der Waals surface area contributed by atoms with E-state index in [1.165, 1.54) is 0 Å². The second-order valence-corrected chi connectivity index (χ2v) is 5.20. The Morgan fingerprint density at radius 2 is 2.20 bits per heavy atom. The standard InChI is InChI=1S/C14H15BrFN3O/c1-3-6-17-14-18-8-11(16)13(19-14)20-12-7-10(15)5-4-9(12)2/h4-5,7-8H,3,6H2,1-2H3,(H,17,18,19). The Morgan fingerprint density at radius 3 is 2.95 bits per heavy atom. The number of benzene rings is 1. The van der Waals surface area contributed by atoms with Gasteiger partial charge in [0.15, 0.2) is 0 Å². The van der Waals surface area contributed by atoms with Gasteiger partial charge in [-0.25, -0.2) is 4.98 Å². The lowest BCUT2D eigenvalue weighted by molar-refractivity contribution is 0.418. The van der Waals surface area contributed by atoms with E-state index in [0.717, 1.165) is 29.2 Å². The Labute approximate surface area is 125 Å². The first-order valence-electron chi connectivity index (χ1n) is 6.30. The largest absolute Gasteiger partial charge is 0.436 e. The molecule has 1 aromatic heterocycles. The fourth-order valence-electron chi connectivity index (χ4n) is 1.53. The summed E-state index contributed by atoms with van der Waals surface area (Å²) in [5, 5.41) is 3.00. The lowest BCUT2D eigenvalue weighted by atomic mass is 10.2. The van der Waals surface area contributed by atoms with Crippen LogP contribution in [-0.2, 0) is 0 Å². The van der Waals surface area contributed by atoms with Crippen LogP contribution in [0.3, 0.4) is 0 Å². The summed E-state index contributed by atoms with van der Waals surface area (Å²) in [6.07, 6.45) is 2.04. The molecule has 0 fully saturated rings. The first-order chi connectivity index (χ1) is 9.60. The number of ether oxygens (including phenoxy) is 1. The summed E-state index contributed by atoms with van der Waals surface area (Å²) in [4.78, 5) is 7.91. The molecule has 4 nitrogen and oxygen atoms in total. The first-order valence-corrected chi connectivity index (χ1v) is 7.10. The molecule has 0 radical (unpaired) electrons. The number of aromatic nitrogens is 2. The molecule has 2 aromatic rings. The zero-order chi connectivity index (χ0) is 14.5. The van der Waals surface area contributed by atoms with Crippen molar-refractivity contribution in [3.05, 3.63) is 40.2 Å². The van der Waals surface area contributed by atoms with Crippen LogP contribution >= 0.6 is 15.9 Å². The minimum absolute atomic E-state index is 0.0835. The molecule has 0 unspecified atom stereocenters. The van der Waals surface area contributed by atoms with Gasteiger partial charge in [-0.3, -0.25) is 0 Å².